The van der Waals surface area contributed by atoms with Crippen LogP contribution in [0.1, 0.15) is 45.4 Å². The number of benzene rings is 1. The van der Waals surface area contributed by atoms with Crippen LogP contribution in [0, 0.1) is 5.82 Å². The largest absolute Gasteiger partial charge is 0.353 e. The Morgan fingerprint density at radius 2 is 1.96 bits per heavy atom. The summed E-state index contributed by atoms with van der Waals surface area (Å²) in [6, 6.07) is 4.64. The van der Waals surface area contributed by atoms with Crippen molar-refractivity contribution in [2.24, 2.45) is 0 Å². The van der Waals surface area contributed by atoms with Gasteiger partial charge in [0.2, 0.25) is 15.9 Å². The second-order valence-corrected chi connectivity index (χ2v) is 10.1. The molecule has 0 radical (unpaired) electrons. The van der Waals surface area contributed by atoms with Gasteiger partial charge in [0.1, 0.15) is 11.9 Å². The molecule has 1 aliphatic carbocycles. The van der Waals surface area contributed by atoms with Crippen LogP contribution in [0.3, 0.4) is 0 Å². The maximum absolute atomic E-state index is 14.2. The minimum Gasteiger partial charge on any atom is -0.353 e. The molecule has 5 nitrogen and oxygen atoms in total. The summed E-state index contributed by atoms with van der Waals surface area (Å²) in [5.74, 6) is -0.261. The van der Waals surface area contributed by atoms with Crippen LogP contribution in [-0.4, -0.2) is 44.2 Å². The van der Waals surface area contributed by atoms with Crippen LogP contribution in [0.2, 0.25) is 0 Å². The van der Waals surface area contributed by atoms with Gasteiger partial charge in [0.15, 0.2) is 0 Å². The van der Waals surface area contributed by atoms with Gasteiger partial charge in [-0.3, -0.25) is 9.10 Å². The number of amides is 1. The predicted molar refractivity (Wildman–Crippen MR) is 110 cm³/mol. The highest BCUT2D eigenvalue weighted by Gasteiger charge is 2.32. The molecular weight excluding hydrogens is 387 g/mol. The minimum atomic E-state index is -3.82. The number of carbonyl (C=O) groups is 1. The number of hydrogen-bond donors (Lipinski definition) is 1. The molecular formula is C19H29FN2O3S2. The molecule has 1 unspecified atom stereocenters. The number of rotatable bonds is 9. The molecule has 1 aliphatic rings. The zero-order chi connectivity index (χ0) is 19.9. The number of sulfonamides is 1. The Kier molecular flexibility index (Phi) is 8.41. The fraction of sp³-hybridized carbons (Fsp3) is 0.632. The molecule has 1 aromatic carbocycles. The van der Waals surface area contributed by atoms with E-state index in [-0.39, 0.29) is 12.1 Å². The molecule has 0 heterocycles. The van der Waals surface area contributed by atoms with Gasteiger partial charge in [-0.2, -0.15) is 11.8 Å². The predicted octanol–water partition coefficient (Wildman–Crippen LogP) is 3.55. The van der Waals surface area contributed by atoms with Crippen molar-refractivity contribution in [3.8, 4) is 0 Å². The highest BCUT2D eigenvalue weighted by Crippen LogP contribution is 2.28. The molecule has 0 bridgehead atoms. The SMILES string of the molecule is CCC(C(=O)NCCSC1CCCCC1)N(c1ccccc1F)S(C)(=O)=O. The lowest BCUT2D eigenvalue weighted by atomic mass is 10.0. The fourth-order valence-electron chi connectivity index (χ4n) is 3.42. The van der Waals surface area contributed by atoms with Crippen molar-refractivity contribution in [2.75, 3.05) is 22.9 Å². The number of nitrogens with one attached hydrogen (secondary N) is 1. The van der Waals surface area contributed by atoms with Crippen molar-refractivity contribution < 1.29 is 17.6 Å². The van der Waals surface area contributed by atoms with Gasteiger partial charge in [-0.1, -0.05) is 38.3 Å². The fourth-order valence-corrected chi connectivity index (χ4v) is 5.85. The summed E-state index contributed by atoms with van der Waals surface area (Å²) in [5.41, 5.74) is -0.0985. The van der Waals surface area contributed by atoms with E-state index >= 15 is 0 Å². The quantitative estimate of drug-likeness (QED) is 0.625. The molecule has 0 aromatic heterocycles. The first kappa shape index (κ1) is 22.0. The zero-order valence-corrected chi connectivity index (χ0v) is 17.6. The lowest BCUT2D eigenvalue weighted by Crippen LogP contribution is -2.50. The summed E-state index contributed by atoms with van der Waals surface area (Å²) in [7, 11) is -3.82. The van der Waals surface area contributed by atoms with Crippen LogP contribution < -0.4 is 9.62 Å². The van der Waals surface area contributed by atoms with E-state index in [1.54, 1.807) is 13.0 Å². The summed E-state index contributed by atoms with van der Waals surface area (Å²) in [5, 5.41) is 3.48. The van der Waals surface area contributed by atoms with Crippen molar-refractivity contribution in [2.45, 2.75) is 56.7 Å². The molecule has 0 aliphatic heterocycles. The van der Waals surface area contributed by atoms with Gasteiger partial charge in [-0.05, 0) is 31.4 Å². The van der Waals surface area contributed by atoms with Gasteiger partial charge in [-0.25, -0.2) is 12.8 Å². The molecule has 1 atom stereocenters. The van der Waals surface area contributed by atoms with E-state index in [0.29, 0.717) is 11.8 Å². The number of para-hydroxylation sites is 1. The van der Waals surface area contributed by atoms with E-state index in [1.807, 2.05) is 11.8 Å². The van der Waals surface area contributed by atoms with Crippen LogP contribution in [0.25, 0.3) is 0 Å². The van der Waals surface area contributed by atoms with Crippen molar-refractivity contribution in [1.29, 1.82) is 0 Å². The molecule has 8 heteroatoms. The maximum Gasteiger partial charge on any atom is 0.243 e. The summed E-state index contributed by atoms with van der Waals surface area (Å²) in [6.45, 7) is 2.20. The van der Waals surface area contributed by atoms with E-state index in [1.165, 1.54) is 50.3 Å². The van der Waals surface area contributed by atoms with E-state index in [0.717, 1.165) is 16.3 Å². The molecule has 1 amide bonds. The van der Waals surface area contributed by atoms with E-state index in [9.17, 15) is 17.6 Å². The second kappa shape index (κ2) is 10.3. The van der Waals surface area contributed by atoms with Gasteiger partial charge in [-0.15, -0.1) is 0 Å². The van der Waals surface area contributed by atoms with Gasteiger partial charge in [0.25, 0.3) is 0 Å². The Balaban J connectivity index is 2.00. The van der Waals surface area contributed by atoms with Crippen LogP contribution in [-0.2, 0) is 14.8 Å². The number of thioether (sulfide) groups is 1. The molecule has 152 valence electrons. The van der Waals surface area contributed by atoms with Gasteiger partial charge >= 0.3 is 0 Å². The topological polar surface area (TPSA) is 66.5 Å². The first-order valence-electron chi connectivity index (χ1n) is 9.47. The van der Waals surface area contributed by atoms with Gasteiger partial charge in [0.05, 0.1) is 11.9 Å². The normalized spacial score (nSPS) is 16.7. The number of nitrogens with zero attached hydrogens (tertiary/aromatic N) is 1. The third-order valence-corrected chi connectivity index (χ3v) is 7.28. The Hall–Kier alpha value is -1.28. The highest BCUT2D eigenvalue weighted by atomic mass is 32.2. The van der Waals surface area contributed by atoms with Crippen molar-refractivity contribution in [1.82, 2.24) is 5.32 Å². The van der Waals surface area contributed by atoms with E-state index in [4.69, 9.17) is 0 Å². The summed E-state index contributed by atoms with van der Waals surface area (Å²) < 4.78 is 39.7. The maximum atomic E-state index is 14.2. The number of halogens is 1. The number of carbonyl (C=O) groups excluding carboxylic acids is 1. The molecule has 0 spiro atoms. The second-order valence-electron chi connectivity index (χ2n) is 6.86. The monoisotopic (exact) mass is 416 g/mol. The lowest BCUT2D eigenvalue weighted by molar-refractivity contribution is -0.122. The van der Waals surface area contributed by atoms with E-state index < -0.39 is 27.8 Å². The Bertz CT molecular complexity index is 721. The standard InChI is InChI=1S/C19H29FN2O3S2/c1-3-17(19(23)21-13-14-26-15-9-5-4-6-10-15)22(27(2,24)25)18-12-8-7-11-16(18)20/h7-8,11-12,15,17H,3-6,9-10,13-14H2,1-2H3,(H,21,23). The molecule has 1 aromatic rings. The highest BCUT2D eigenvalue weighted by molar-refractivity contribution is 7.99. The third kappa shape index (κ3) is 6.38. The molecule has 0 saturated heterocycles. The Morgan fingerprint density at radius 1 is 1.30 bits per heavy atom. The smallest absolute Gasteiger partial charge is 0.243 e. The van der Waals surface area contributed by atoms with Crippen LogP contribution >= 0.6 is 11.8 Å². The molecule has 27 heavy (non-hydrogen) atoms. The lowest BCUT2D eigenvalue weighted by Gasteiger charge is -2.30. The third-order valence-electron chi connectivity index (χ3n) is 4.73. The van der Waals surface area contributed by atoms with Crippen LogP contribution in [0.5, 0.6) is 0 Å². The van der Waals surface area contributed by atoms with Crippen molar-refractivity contribution in [3.63, 3.8) is 0 Å². The van der Waals surface area contributed by atoms with Crippen molar-refractivity contribution >= 4 is 33.4 Å². The van der Waals surface area contributed by atoms with Crippen LogP contribution in [0.4, 0.5) is 10.1 Å². The average Bonchev–Trinajstić information content (AvgIpc) is 2.64. The number of anilines is 1. The van der Waals surface area contributed by atoms with Gasteiger partial charge < -0.3 is 5.32 Å². The first-order valence-corrected chi connectivity index (χ1v) is 12.4. The van der Waals surface area contributed by atoms with Gasteiger partial charge in [0, 0.05) is 17.5 Å². The summed E-state index contributed by atoms with van der Waals surface area (Å²) in [4.78, 5) is 12.6. The van der Waals surface area contributed by atoms with E-state index in [2.05, 4.69) is 5.32 Å². The average molecular weight is 417 g/mol. The Labute approximate surface area is 166 Å². The molecule has 1 fully saturated rings. The summed E-state index contributed by atoms with van der Waals surface area (Å²) in [6.07, 6.45) is 7.55. The summed E-state index contributed by atoms with van der Waals surface area (Å²) >= 11 is 1.86. The van der Waals surface area contributed by atoms with Crippen molar-refractivity contribution in [3.05, 3.63) is 30.1 Å². The molecule has 1 N–H and O–H groups in total. The number of hydrogen-bond acceptors (Lipinski definition) is 4. The van der Waals surface area contributed by atoms with Crippen LogP contribution in [0.15, 0.2) is 24.3 Å². The minimum absolute atomic E-state index is 0.0985. The zero-order valence-electron chi connectivity index (χ0n) is 16.0. The first-order chi connectivity index (χ1) is 12.8. The Morgan fingerprint density at radius 3 is 2.56 bits per heavy atom. The molecule has 1 saturated carbocycles. The molecule has 2 rings (SSSR count).